The van der Waals surface area contributed by atoms with Gasteiger partial charge in [-0.15, -0.1) is 0 Å². The number of likely N-dealkylation sites (tertiary alicyclic amines) is 1. The SMILES string of the molecule is Cc1cc(CN2CCC(Br)C2)c2ccccc2n1. The molecule has 1 atom stereocenters. The van der Waals surface area contributed by atoms with E-state index >= 15 is 0 Å². The first kappa shape index (κ1) is 12.1. The van der Waals surface area contributed by atoms with Crippen molar-refractivity contribution in [1.29, 1.82) is 0 Å². The summed E-state index contributed by atoms with van der Waals surface area (Å²) in [7, 11) is 0. The van der Waals surface area contributed by atoms with Crippen LogP contribution in [0.3, 0.4) is 0 Å². The van der Waals surface area contributed by atoms with Crippen molar-refractivity contribution < 1.29 is 0 Å². The molecule has 2 heterocycles. The lowest BCUT2D eigenvalue weighted by Gasteiger charge is -2.16. The molecule has 3 heteroatoms. The first-order valence-corrected chi connectivity index (χ1v) is 7.35. The van der Waals surface area contributed by atoms with Crippen molar-refractivity contribution in [2.75, 3.05) is 13.1 Å². The fraction of sp³-hybridized carbons (Fsp3) is 0.400. The molecule has 1 aliphatic rings. The van der Waals surface area contributed by atoms with Crippen molar-refractivity contribution in [2.24, 2.45) is 0 Å². The highest BCUT2D eigenvalue weighted by Crippen LogP contribution is 2.23. The van der Waals surface area contributed by atoms with Crippen LogP contribution >= 0.6 is 15.9 Å². The zero-order chi connectivity index (χ0) is 12.5. The van der Waals surface area contributed by atoms with Gasteiger partial charge in [0.1, 0.15) is 0 Å². The summed E-state index contributed by atoms with van der Waals surface area (Å²) in [6, 6.07) is 10.7. The maximum Gasteiger partial charge on any atom is 0.0708 e. The summed E-state index contributed by atoms with van der Waals surface area (Å²) in [6.07, 6.45) is 1.25. The summed E-state index contributed by atoms with van der Waals surface area (Å²) in [5.74, 6) is 0. The molecule has 0 N–H and O–H groups in total. The Morgan fingerprint density at radius 2 is 2.22 bits per heavy atom. The van der Waals surface area contributed by atoms with Crippen LogP contribution in [0.15, 0.2) is 30.3 Å². The van der Waals surface area contributed by atoms with Crippen LogP contribution in [0, 0.1) is 6.92 Å². The summed E-state index contributed by atoms with van der Waals surface area (Å²) in [4.78, 5) is 7.77. The van der Waals surface area contributed by atoms with Gasteiger partial charge in [-0.25, -0.2) is 0 Å². The largest absolute Gasteiger partial charge is 0.298 e. The normalized spacial score (nSPS) is 20.7. The van der Waals surface area contributed by atoms with Crippen molar-refractivity contribution in [3.05, 3.63) is 41.6 Å². The number of nitrogens with zero attached hydrogens (tertiary/aromatic N) is 2. The summed E-state index contributed by atoms with van der Waals surface area (Å²) in [5.41, 5.74) is 3.63. The topological polar surface area (TPSA) is 16.1 Å². The number of hydrogen-bond acceptors (Lipinski definition) is 2. The number of pyridine rings is 1. The predicted octanol–water partition coefficient (Wildman–Crippen LogP) is 3.51. The van der Waals surface area contributed by atoms with E-state index in [-0.39, 0.29) is 0 Å². The molecule has 0 amide bonds. The molecular formula is C15H17BrN2. The van der Waals surface area contributed by atoms with Gasteiger partial charge in [-0.2, -0.15) is 0 Å². The van der Waals surface area contributed by atoms with E-state index in [4.69, 9.17) is 0 Å². The molecular weight excluding hydrogens is 288 g/mol. The molecule has 1 aromatic heterocycles. The Bertz CT molecular complexity index is 567. The smallest absolute Gasteiger partial charge is 0.0708 e. The van der Waals surface area contributed by atoms with E-state index in [9.17, 15) is 0 Å². The number of fused-ring (bicyclic) bond motifs is 1. The number of halogens is 1. The molecule has 0 saturated carbocycles. The second kappa shape index (κ2) is 4.98. The van der Waals surface area contributed by atoms with Gasteiger partial charge < -0.3 is 0 Å². The third-order valence-corrected chi connectivity index (χ3v) is 4.29. The standard InChI is InChI=1S/C15H17BrN2/c1-11-8-12(9-18-7-6-13(16)10-18)14-4-2-3-5-15(14)17-11/h2-5,8,13H,6-7,9-10H2,1H3. The molecule has 18 heavy (non-hydrogen) atoms. The Morgan fingerprint density at radius 3 is 3.00 bits per heavy atom. The van der Waals surface area contributed by atoms with Crippen LogP contribution < -0.4 is 0 Å². The van der Waals surface area contributed by atoms with Gasteiger partial charge in [-0.3, -0.25) is 9.88 Å². The van der Waals surface area contributed by atoms with Crippen LogP contribution in [0.25, 0.3) is 10.9 Å². The molecule has 2 aromatic rings. The molecule has 1 fully saturated rings. The van der Waals surface area contributed by atoms with E-state index < -0.39 is 0 Å². The number of benzene rings is 1. The Morgan fingerprint density at radius 1 is 1.39 bits per heavy atom. The maximum atomic E-state index is 4.60. The van der Waals surface area contributed by atoms with Gasteiger partial charge in [-0.1, -0.05) is 34.1 Å². The van der Waals surface area contributed by atoms with Gasteiger partial charge in [0.25, 0.3) is 0 Å². The molecule has 2 nitrogen and oxygen atoms in total. The van der Waals surface area contributed by atoms with Gasteiger partial charge in [0.2, 0.25) is 0 Å². The van der Waals surface area contributed by atoms with Crippen molar-refractivity contribution >= 4 is 26.8 Å². The van der Waals surface area contributed by atoms with Crippen LogP contribution in [-0.2, 0) is 6.54 Å². The van der Waals surface area contributed by atoms with E-state index in [1.165, 1.54) is 23.9 Å². The third-order valence-electron chi connectivity index (χ3n) is 3.54. The molecule has 0 aliphatic carbocycles. The quantitative estimate of drug-likeness (QED) is 0.789. The van der Waals surface area contributed by atoms with Crippen molar-refractivity contribution in [3.8, 4) is 0 Å². The Balaban J connectivity index is 1.95. The van der Waals surface area contributed by atoms with Crippen LogP contribution in [-0.4, -0.2) is 27.8 Å². The number of alkyl halides is 1. The lowest BCUT2D eigenvalue weighted by molar-refractivity contribution is 0.334. The third kappa shape index (κ3) is 2.43. The molecule has 0 bridgehead atoms. The van der Waals surface area contributed by atoms with Crippen LogP contribution in [0.1, 0.15) is 17.7 Å². The van der Waals surface area contributed by atoms with E-state index in [1.807, 2.05) is 0 Å². The minimum absolute atomic E-state index is 0.659. The van der Waals surface area contributed by atoms with Crippen LogP contribution in [0.4, 0.5) is 0 Å². The molecule has 1 saturated heterocycles. The highest BCUT2D eigenvalue weighted by atomic mass is 79.9. The Labute approximate surface area is 116 Å². The van der Waals surface area contributed by atoms with Gasteiger partial charge in [0, 0.05) is 29.0 Å². The number of aryl methyl sites for hydroxylation is 1. The van der Waals surface area contributed by atoms with Gasteiger partial charge in [-0.05, 0) is 37.6 Å². The minimum atomic E-state index is 0.659. The fourth-order valence-electron chi connectivity index (χ4n) is 2.70. The number of hydrogen-bond donors (Lipinski definition) is 0. The summed E-state index contributed by atoms with van der Waals surface area (Å²) in [6.45, 7) is 5.44. The molecule has 3 rings (SSSR count). The lowest BCUT2D eigenvalue weighted by Crippen LogP contribution is -2.20. The minimum Gasteiger partial charge on any atom is -0.298 e. The first-order valence-electron chi connectivity index (χ1n) is 6.44. The second-order valence-corrected chi connectivity index (χ2v) is 6.36. The van der Waals surface area contributed by atoms with Gasteiger partial charge in [0.15, 0.2) is 0 Å². The Hall–Kier alpha value is -0.930. The highest BCUT2D eigenvalue weighted by Gasteiger charge is 2.20. The Kier molecular flexibility index (Phi) is 3.35. The second-order valence-electron chi connectivity index (χ2n) is 5.06. The maximum absolute atomic E-state index is 4.60. The molecule has 1 unspecified atom stereocenters. The number of aromatic nitrogens is 1. The first-order chi connectivity index (χ1) is 8.72. The molecule has 94 valence electrons. The van der Waals surface area contributed by atoms with Crippen molar-refractivity contribution in [3.63, 3.8) is 0 Å². The average molecular weight is 305 g/mol. The van der Waals surface area contributed by atoms with Gasteiger partial charge >= 0.3 is 0 Å². The zero-order valence-electron chi connectivity index (χ0n) is 10.6. The lowest BCUT2D eigenvalue weighted by atomic mass is 10.1. The summed E-state index contributed by atoms with van der Waals surface area (Å²) < 4.78 is 0. The average Bonchev–Trinajstić information content (AvgIpc) is 2.74. The summed E-state index contributed by atoms with van der Waals surface area (Å²) >= 11 is 3.70. The monoisotopic (exact) mass is 304 g/mol. The van der Waals surface area contributed by atoms with E-state index in [0.717, 1.165) is 24.3 Å². The van der Waals surface area contributed by atoms with E-state index in [1.54, 1.807) is 0 Å². The molecule has 1 aromatic carbocycles. The van der Waals surface area contributed by atoms with Crippen LogP contribution in [0.5, 0.6) is 0 Å². The molecule has 0 spiro atoms. The van der Waals surface area contributed by atoms with Crippen molar-refractivity contribution in [1.82, 2.24) is 9.88 Å². The van der Waals surface area contributed by atoms with E-state index in [0.29, 0.717) is 4.83 Å². The van der Waals surface area contributed by atoms with Gasteiger partial charge in [0.05, 0.1) is 5.52 Å². The zero-order valence-corrected chi connectivity index (χ0v) is 12.2. The predicted molar refractivity (Wildman–Crippen MR) is 79.1 cm³/mol. The fourth-order valence-corrected chi connectivity index (χ4v) is 3.31. The summed E-state index contributed by atoms with van der Waals surface area (Å²) in [5, 5.41) is 1.29. The number of para-hydroxylation sites is 1. The highest BCUT2D eigenvalue weighted by molar-refractivity contribution is 9.09. The van der Waals surface area contributed by atoms with Crippen LogP contribution in [0.2, 0.25) is 0 Å². The van der Waals surface area contributed by atoms with E-state index in [2.05, 4.69) is 63.1 Å². The van der Waals surface area contributed by atoms with Crippen molar-refractivity contribution in [2.45, 2.75) is 24.7 Å². The molecule has 0 radical (unpaired) electrons. The molecule has 1 aliphatic heterocycles. The number of rotatable bonds is 2.